The minimum atomic E-state index is -4.58. The number of fused-ring (bicyclic) bond motifs is 7. The molecule has 2 aliphatic heterocycles. The molecule has 2 aliphatic rings. The molecule has 6 heterocycles. The topological polar surface area (TPSA) is 112 Å². The van der Waals surface area contributed by atoms with Gasteiger partial charge in [-0.3, -0.25) is 9.48 Å². The summed E-state index contributed by atoms with van der Waals surface area (Å²) in [5.74, 6) is -0.0790. The number of ether oxygens (including phenoxy) is 1. The van der Waals surface area contributed by atoms with E-state index in [-0.39, 0.29) is 23.6 Å². The number of carbonyl (C=O) groups excluding carboxylic acids is 1. The fourth-order valence-corrected chi connectivity index (χ4v) is 4.82. The van der Waals surface area contributed by atoms with Crippen molar-refractivity contribution in [2.24, 2.45) is 7.05 Å². The fraction of sp³-hybridized carbons (Fsp3) is 0.318. The van der Waals surface area contributed by atoms with Gasteiger partial charge in [0.05, 0.1) is 34.9 Å². The summed E-state index contributed by atoms with van der Waals surface area (Å²) >= 11 is 0. The number of likely N-dealkylation sites (tertiary alicyclic amines) is 1. The second kappa shape index (κ2) is 7.02. The SMILES string of the molecule is Cn1ncc2c(N)nc3cnc(C(=O)N4CC[C@@H]5C[C@@H]4c4ccc(C(F)(F)F)nc4O5)cc3c21. The number of pyridine rings is 3. The van der Waals surface area contributed by atoms with Crippen LogP contribution in [0.3, 0.4) is 0 Å². The van der Waals surface area contributed by atoms with Crippen LogP contribution in [0.25, 0.3) is 21.8 Å². The third-order valence-corrected chi connectivity index (χ3v) is 6.45. The van der Waals surface area contributed by atoms with Crippen molar-refractivity contribution in [1.82, 2.24) is 29.6 Å². The molecule has 34 heavy (non-hydrogen) atoms. The number of nitrogens with zero attached hydrogens (tertiary/aromatic N) is 6. The summed E-state index contributed by atoms with van der Waals surface area (Å²) in [6, 6.07) is 3.47. The van der Waals surface area contributed by atoms with E-state index in [1.54, 1.807) is 28.9 Å². The van der Waals surface area contributed by atoms with Crippen LogP contribution in [0.15, 0.2) is 30.6 Å². The Bertz CT molecular complexity index is 1480. The zero-order valence-electron chi connectivity index (χ0n) is 17.9. The van der Waals surface area contributed by atoms with Gasteiger partial charge in [-0.15, -0.1) is 0 Å². The number of alkyl halides is 3. The molecule has 1 amide bonds. The zero-order valence-corrected chi connectivity index (χ0v) is 17.9. The van der Waals surface area contributed by atoms with Crippen molar-refractivity contribution in [1.29, 1.82) is 0 Å². The highest BCUT2D eigenvalue weighted by Crippen LogP contribution is 2.43. The minimum absolute atomic E-state index is 0.0729. The van der Waals surface area contributed by atoms with E-state index in [9.17, 15) is 18.0 Å². The molecular weight excluding hydrogens is 451 g/mol. The molecule has 0 aromatic carbocycles. The first-order valence-corrected chi connectivity index (χ1v) is 10.6. The van der Waals surface area contributed by atoms with Crippen LogP contribution in [0.2, 0.25) is 0 Å². The van der Waals surface area contributed by atoms with Gasteiger partial charge in [-0.25, -0.2) is 15.0 Å². The van der Waals surface area contributed by atoms with Crippen molar-refractivity contribution in [3.8, 4) is 5.88 Å². The molecule has 174 valence electrons. The molecule has 2 atom stereocenters. The molecule has 0 aliphatic carbocycles. The summed E-state index contributed by atoms with van der Waals surface area (Å²) in [5, 5.41) is 5.60. The van der Waals surface area contributed by atoms with E-state index in [0.29, 0.717) is 47.1 Å². The summed E-state index contributed by atoms with van der Waals surface area (Å²) in [6.45, 7) is 0.384. The van der Waals surface area contributed by atoms with Gasteiger partial charge in [0.2, 0.25) is 5.88 Å². The van der Waals surface area contributed by atoms with Crippen LogP contribution < -0.4 is 10.5 Å². The Morgan fingerprint density at radius 2 is 2.03 bits per heavy atom. The minimum Gasteiger partial charge on any atom is -0.474 e. The normalized spacial score (nSPS) is 19.8. The molecule has 2 bridgehead atoms. The number of aryl methyl sites for hydroxylation is 1. The molecule has 9 nitrogen and oxygen atoms in total. The van der Waals surface area contributed by atoms with E-state index in [1.165, 1.54) is 12.3 Å². The van der Waals surface area contributed by atoms with Crippen LogP contribution in [0.1, 0.15) is 40.6 Å². The number of halogens is 3. The Hall–Kier alpha value is -3.96. The van der Waals surface area contributed by atoms with Crippen LogP contribution in [-0.2, 0) is 13.2 Å². The van der Waals surface area contributed by atoms with Gasteiger partial charge in [-0.2, -0.15) is 18.3 Å². The number of hydrogen-bond acceptors (Lipinski definition) is 7. The largest absolute Gasteiger partial charge is 0.474 e. The van der Waals surface area contributed by atoms with E-state index in [0.717, 1.165) is 11.6 Å². The molecule has 0 unspecified atom stereocenters. The lowest BCUT2D eigenvalue weighted by molar-refractivity contribution is -0.141. The molecule has 0 spiro atoms. The number of aromatic nitrogens is 5. The van der Waals surface area contributed by atoms with E-state index in [2.05, 4.69) is 20.1 Å². The number of nitrogens with two attached hydrogens (primary N) is 1. The van der Waals surface area contributed by atoms with Crippen LogP contribution in [-0.4, -0.2) is 48.2 Å². The highest BCUT2D eigenvalue weighted by molar-refractivity contribution is 6.09. The average molecular weight is 469 g/mol. The van der Waals surface area contributed by atoms with E-state index in [1.807, 2.05) is 0 Å². The van der Waals surface area contributed by atoms with Crippen molar-refractivity contribution >= 4 is 33.5 Å². The second-order valence-corrected chi connectivity index (χ2v) is 8.48. The van der Waals surface area contributed by atoms with Gasteiger partial charge in [-0.05, 0) is 18.2 Å². The Morgan fingerprint density at radius 1 is 1.21 bits per heavy atom. The lowest BCUT2D eigenvalue weighted by Gasteiger charge is -2.43. The Kier molecular flexibility index (Phi) is 4.26. The number of piperidine rings is 1. The molecule has 4 aromatic heterocycles. The smallest absolute Gasteiger partial charge is 0.433 e. The van der Waals surface area contributed by atoms with Crippen LogP contribution in [0.4, 0.5) is 19.0 Å². The van der Waals surface area contributed by atoms with Crippen LogP contribution in [0.5, 0.6) is 5.88 Å². The lowest BCUT2D eigenvalue weighted by atomic mass is 9.90. The predicted molar refractivity (Wildman–Crippen MR) is 115 cm³/mol. The lowest BCUT2D eigenvalue weighted by Crippen LogP contribution is -2.47. The van der Waals surface area contributed by atoms with E-state index < -0.39 is 17.9 Å². The Balaban J connectivity index is 1.41. The number of carbonyl (C=O) groups is 1. The summed E-state index contributed by atoms with van der Waals surface area (Å²) in [4.78, 5) is 27.6. The molecule has 1 saturated heterocycles. The number of nitrogen functional groups attached to an aromatic ring is 1. The predicted octanol–water partition coefficient (Wildman–Crippen LogP) is 3.25. The molecule has 0 radical (unpaired) electrons. The van der Waals surface area contributed by atoms with Crippen molar-refractivity contribution in [2.75, 3.05) is 12.3 Å². The monoisotopic (exact) mass is 469 g/mol. The molecule has 2 N–H and O–H groups in total. The summed E-state index contributed by atoms with van der Waals surface area (Å²) in [7, 11) is 1.77. The molecule has 6 rings (SSSR count). The highest BCUT2D eigenvalue weighted by Gasteiger charge is 2.42. The first-order chi connectivity index (χ1) is 16.2. The summed E-state index contributed by atoms with van der Waals surface area (Å²) in [6.07, 6.45) is -0.813. The maximum absolute atomic E-state index is 13.6. The van der Waals surface area contributed by atoms with Gasteiger partial charge in [0.1, 0.15) is 23.3 Å². The number of anilines is 1. The molecule has 0 saturated carbocycles. The maximum Gasteiger partial charge on any atom is 0.433 e. The standard InChI is InChI=1S/C22H18F3N7O2/c1-31-18-12-7-14(27-9-15(12)29-19(26)13(18)8-28-31)21(33)32-5-4-10-6-16(32)11-2-3-17(22(23,24)25)30-20(11)34-10/h2-3,7-10,16H,4-6H2,1H3,(H2,26,29)/t10-,16-/m1/s1. The maximum atomic E-state index is 13.6. The fourth-order valence-electron chi connectivity index (χ4n) is 4.82. The molecular formula is C22H18F3N7O2. The van der Waals surface area contributed by atoms with Crippen molar-refractivity contribution < 1.29 is 22.7 Å². The third kappa shape index (κ3) is 3.05. The summed E-state index contributed by atoms with van der Waals surface area (Å²) in [5.41, 5.74) is 6.94. The zero-order chi connectivity index (χ0) is 23.8. The van der Waals surface area contributed by atoms with Crippen molar-refractivity contribution in [3.63, 3.8) is 0 Å². The average Bonchev–Trinajstić information content (AvgIpc) is 3.20. The van der Waals surface area contributed by atoms with Gasteiger partial charge >= 0.3 is 6.18 Å². The number of hydrogen-bond donors (Lipinski definition) is 1. The van der Waals surface area contributed by atoms with Gasteiger partial charge in [-0.1, -0.05) is 0 Å². The Morgan fingerprint density at radius 3 is 2.82 bits per heavy atom. The number of amides is 1. The van der Waals surface area contributed by atoms with Gasteiger partial charge in [0, 0.05) is 37.4 Å². The third-order valence-electron chi connectivity index (χ3n) is 6.45. The molecule has 4 aromatic rings. The Labute approximate surface area is 190 Å². The van der Waals surface area contributed by atoms with Crippen LogP contribution >= 0.6 is 0 Å². The molecule has 1 fully saturated rings. The first-order valence-electron chi connectivity index (χ1n) is 10.6. The van der Waals surface area contributed by atoms with Gasteiger partial charge in [0.15, 0.2) is 0 Å². The second-order valence-electron chi connectivity index (χ2n) is 8.48. The molecule has 12 heteroatoms. The summed E-state index contributed by atoms with van der Waals surface area (Å²) < 4.78 is 46.8. The first kappa shape index (κ1) is 20.6. The van der Waals surface area contributed by atoms with Gasteiger partial charge < -0.3 is 15.4 Å². The van der Waals surface area contributed by atoms with E-state index >= 15 is 0 Å². The van der Waals surface area contributed by atoms with Crippen LogP contribution in [0, 0.1) is 0 Å². The van der Waals surface area contributed by atoms with Gasteiger partial charge in [0.25, 0.3) is 5.91 Å². The van der Waals surface area contributed by atoms with Crippen molar-refractivity contribution in [2.45, 2.75) is 31.2 Å². The quantitative estimate of drug-likeness (QED) is 0.455. The number of rotatable bonds is 1. The van der Waals surface area contributed by atoms with Crippen molar-refractivity contribution in [3.05, 3.63) is 47.5 Å². The highest BCUT2D eigenvalue weighted by atomic mass is 19.4. The van der Waals surface area contributed by atoms with E-state index in [4.69, 9.17) is 10.5 Å².